The summed E-state index contributed by atoms with van der Waals surface area (Å²) >= 11 is 0. The minimum atomic E-state index is -1.07. The van der Waals surface area contributed by atoms with Gasteiger partial charge in [0, 0.05) is 13.8 Å². The first-order valence-corrected chi connectivity index (χ1v) is 6.23. The summed E-state index contributed by atoms with van der Waals surface area (Å²) in [6, 6.07) is -1.01. The second-order valence-electron chi connectivity index (χ2n) is 4.73. The molecule has 1 rings (SSSR count). The summed E-state index contributed by atoms with van der Waals surface area (Å²) in [7, 11) is 1.18. The lowest BCUT2D eigenvalue weighted by Gasteiger charge is -2.45. The van der Waals surface area contributed by atoms with E-state index in [1.54, 1.807) is 13.8 Å². The van der Waals surface area contributed by atoms with E-state index in [0.29, 0.717) is 5.57 Å². The molecule has 1 fully saturated rings. The fourth-order valence-electron chi connectivity index (χ4n) is 1.98. The van der Waals surface area contributed by atoms with Gasteiger partial charge in [0.15, 0.2) is 6.04 Å². The van der Waals surface area contributed by atoms with Crippen LogP contribution in [0.1, 0.15) is 27.7 Å². The Bertz CT molecular complexity index is 521. The Kier molecular flexibility index (Phi) is 5.07. The predicted octanol–water partition coefficient (Wildman–Crippen LogP) is -0.311. The summed E-state index contributed by atoms with van der Waals surface area (Å²) in [5.41, 5.74) is 0.518. The zero-order chi connectivity index (χ0) is 16.3. The van der Waals surface area contributed by atoms with E-state index in [0.717, 1.165) is 4.90 Å². The number of carbonyl (C=O) groups excluding carboxylic acids is 4. The standard InChI is InChI=1S/C13H18N2O6/c1-6(2)10(13(19)20-5)15-11(18)9(14-7(3)16)12(15)21-8(4)17/h9,12H,1-5H3,(H,14,16). The molecule has 1 saturated heterocycles. The van der Waals surface area contributed by atoms with Gasteiger partial charge in [-0.2, -0.15) is 0 Å². The normalized spacial score (nSPS) is 20.2. The fourth-order valence-corrected chi connectivity index (χ4v) is 1.98. The maximum absolute atomic E-state index is 12.1. The van der Waals surface area contributed by atoms with Crippen LogP contribution in [-0.4, -0.2) is 48.0 Å². The Morgan fingerprint density at radius 3 is 2.10 bits per heavy atom. The van der Waals surface area contributed by atoms with Gasteiger partial charge in [0.2, 0.25) is 12.1 Å². The third kappa shape index (κ3) is 3.39. The van der Waals surface area contributed by atoms with Gasteiger partial charge < -0.3 is 14.8 Å². The fraction of sp³-hybridized carbons (Fsp3) is 0.538. The molecule has 0 aromatic rings. The van der Waals surface area contributed by atoms with Crippen LogP contribution in [0.2, 0.25) is 0 Å². The zero-order valence-electron chi connectivity index (χ0n) is 12.6. The van der Waals surface area contributed by atoms with Gasteiger partial charge in [0.25, 0.3) is 5.91 Å². The predicted molar refractivity (Wildman–Crippen MR) is 70.4 cm³/mol. The largest absolute Gasteiger partial charge is 0.464 e. The summed E-state index contributed by atoms with van der Waals surface area (Å²) in [5, 5.41) is 2.38. The first-order valence-electron chi connectivity index (χ1n) is 6.23. The Morgan fingerprint density at radius 2 is 1.71 bits per heavy atom. The van der Waals surface area contributed by atoms with Gasteiger partial charge in [-0.05, 0) is 19.4 Å². The number of carbonyl (C=O) groups is 4. The molecule has 8 heteroatoms. The smallest absolute Gasteiger partial charge is 0.354 e. The average molecular weight is 298 g/mol. The Hall–Kier alpha value is -2.38. The van der Waals surface area contributed by atoms with Crippen molar-refractivity contribution >= 4 is 23.8 Å². The lowest BCUT2D eigenvalue weighted by Crippen LogP contribution is -2.71. The molecule has 8 nitrogen and oxygen atoms in total. The number of likely N-dealkylation sites (tertiary alicyclic amines) is 1. The third-order valence-corrected chi connectivity index (χ3v) is 2.78. The van der Waals surface area contributed by atoms with Crippen molar-refractivity contribution in [3.63, 3.8) is 0 Å². The van der Waals surface area contributed by atoms with E-state index < -0.39 is 36.0 Å². The van der Waals surface area contributed by atoms with E-state index in [2.05, 4.69) is 10.1 Å². The highest BCUT2D eigenvalue weighted by Gasteiger charge is 2.53. The minimum absolute atomic E-state index is 0.00430. The molecule has 0 aliphatic carbocycles. The summed E-state index contributed by atoms with van der Waals surface area (Å²) < 4.78 is 9.65. The van der Waals surface area contributed by atoms with Gasteiger partial charge in [-0.15, -0.1) is 0 Å². The molecule has 2 unspecified atom stereocenters. The van der Waals surface area contributed by atoms with Crippen molar-refractivity contribution in [3.05, 3.63) is 11.3 Å². The number of hydrogen-bond acceptors (Lipinski definition) is 6. The number of esters is 2. The lowest BCUT2D eigenvalue weighted by molar-refractivity contribution is -0.188. The van der Waals surface area contributed by atoms with Crippen molar-refractivity contribution < 1.29 is 28.7 Å². The number of nitrogens with one attached hydrogen (secondary N) is 1. The molecule has 2 amide bonds. The van der Waals surface area contributed by atoms with E-state index >= 15 is 0 Å². The number of β-lactam (4-membered cyclic amide) rings is 1. The second-order valence-corrected chi connectivity index (χ2v) is 4.73. The molecule has 0 spiro atoms. The summed E-state index contributed by atoms with van der Waals surface area (Å²) in [5.74, 6) is -2.34. The van der Waals surface area contributed by atoms with Crippen molar-refractivity contribution in [1.29, 1.82) is 0 Å². The molecule has 1 aliphatic heterocycles. The van der Waals surface area contributed by atoms with Gasteiger partial charge in [-0.1, -0.05) is 0 Å². The average Bonchev–Trinajstić information content (AvgIpc) is 2.38. The van der Waals surface area contributed by atoms with E-state index in [9.17, 15) is 19.2 Å². The van der Waals surface area contributed by atoms with Crippen molar-refractivity contribution in [2.75, 3.05) is 7.11 Å². The molecule has 1 aliphatic rings. The number of methoxy groups -OCH3 is 1. The van der Waals surface area contributed by atoms with Crippen LogP contribution < -0.4 is 5.32 Å². The molecule has 1 heterocycles. The van der Waals surface area contributed by atoms with Gasteiger partial charge in [-0.25, -0.2) is 4.79 Å². The molecular formula is C13H18N2O6. The maximum Gasteiger partial charge on any atom is 0.354 e. The number of rotatable bonds is 4. The molecule has 0 radical (unpaired) electrons. The molecule has 21 heavy (non-hydrogen) atoms. The first kappa shape index (κ1) is 16.7. The van der Waals surface area contributed by atoms with E-state index in [4.69, 9.17) is 4.74 Å². The van der Waals surface area contributed by atoms with Crippen LogP contribution in [0.4, 0.5) is 0 Å². The van der Waals surface area contributed by atoms with Crippen LogP contribution in [0.15, 0.2) is 11.3 Å². The number of ether oxygens (including phenoxy) is 2. The Morgan fingerprint density at radius 1 is 1.14 bits per heavy atom. The quantitative estimate of drug-likeness (QED) is 0.434. The maximum atomic E-state index is 12.1. The highest BCUT2D eigenvalue weighted by molar-refractivity contribution is 6.01. The molecule has 116 valence electrons. The van der Waals surface area contributed by atoms with Crippen LogP contribution in [0, 0.1) is 0 Å². The number of hydrogen-bond donors (Lipinski definition) is 1. The molecule has 2 atom stereocenters. The highest BCUT2D eigenvalue weighted by atomic mass is 16.6. The lowest BCUT2D eigenvalue weighted by atomic mass is 10.0. The van der Waals surface area contributed by atoms with Crippen LogP contribution >= 0.6 is 0 Å². The summed E-state index contributed by atoms with van der Waals surface area (Å²) in [4.78, 5) is 47.2. The van der Waals surface area contributed by atoms with Crippen LogP contribution in [0.5, 0.6) is 0 Å². The van der Waals surface area contributed by atoms with Gasteiger partial charge in [0.1, 0.15) is 5.70 Å². The molecule has 0 saturated carbocycles. The highest BCUT2D eigenvalue weighted by Crippen LogP contribution is 2.29. The summed E-state index contributed by atoms with van der Waals surface area (Å²) in [6.07, 6.45) is -1.07. The molecule has 1 N–H and O–H groups in total. The zero-order valence-corrected chi connectivity index (χ0v) is 12.6. The monoisotopic (exact) mass is 298 g/mol. The first-order chi connectivity index (χ1) is 9.70. The van der Waals surface area contributed by atoms with Crippen molar-refractivity contribution in [3.8, 4) is 0 Å². The van der Waals surface area contributed by atoms with Gasteiger partial charge in [-0.3, -0.25) is 19.3 Å². The topological polar surface area (TPSA) is 102 Å². The van der Waals surface area contributed by atoms with E-state index in [1.165, 1.54) is 21.0 Å². The third-order valence-electron chi connectivity index (χ3n) is 2.78. The van der Waals surface area contributed by atoms with Crippen molar-refractivity contribution in [2.45, 2.75) is 40.0 Å². The molecule has 0 bridgehead atoms. The molecular weight excluding hydrogens is 280 g/mol. The number of amides is 2. The number of allylic oxidation sites excluding steroid dienone is 1. The Balaban J connectivity index is 3.12. The van der Waals surface area contributed by atoms with Crippen LogP contribution in [-0.2, 0) is 28.7 Å². The van der Waals surface area contributed by atoms with Crippen molar-refractivity contribution in [2.24, 2.45) is 0 Å². The molecule has 0 aromatic carbocycles. The van der Waals surface area contributed by atoms with Gasteiger partial charge in [0.05, 0.1) is 7.11 Å². The van der Waals surface area contributed by atoms with Crippen LogP contribution in [0.3, 0.4) is 0 Å². The van der Waals surface area contributed by atoms with E-state index in [-0.39, 0.29) is 5.70 Å². The van der Waals surface area contributed by atoms with Crippen molar-refractivity contribution in [1.82, 2.24) is 10.2 Å². The second kappa shape index (κ2) is 6.38. The SMILES string of the molecule is COC(=O)C(=C(C)C)N1C(=O)C(NC(C)=O)C1OC(C)=O. The summed E-state index contributed by atoms with van der Waals surface area (Å²) in [6.45, 7) is 5.65. The minimum Gasteiger partial charge on any atom is -0.464 e. The molecule has 0 aromatic heterocycles. The van der Waals surface area contributed by atoms with Gasteiger partial charge >= 0.3 is 11.9 Å². The number of nitrogens with zero attached hydrogens (tertiary/aromatic N) is 1. The van der Waals surface area contributed by atoms with E-state index in [1.807, 2.05) is 0 Å². The Labute approximate surface area is 122 Å². The van der Waals surface area contributed by atoms with Crippen LogP contribution in [0.25, 0.3) is 0 Å².